The number of nitrogens with zero attached hydrogens (tertiary/aromatic N) is 3. The van der Waals surface area contributed by atoms with E-state index >= 15 is 0 Å². The molecular weight excluding hydrogens is 521 g/mol. The normalized spacial score (nSPS) is 22.4. The summed E-state index contributed by atoms with van der Waals surface area (Å²) in [5.74, 6) is 0.00317. The number of anilines is 1. The van der Waals surface area contributed by atoms with E-state index < -0.39 is 33.1 Å². The van der Waals surface area contributed by atoms with Gasteiger partial charge in [-0.15, -0.1) is 0 Å². The van der Waals surface area contributed by atoms with Crippen LogP contribution in [0.5, 0.6) is 5.88 Å². The SMILES string of the molecule is CC(C)(Oc1ncc(C(F)(F)F)cc1Cl)C(=O)NC1CC2CCC(C1)N2c1ccc(S(C)(=O)=O)cn1. The van der Waals surface area contributed by atoms with Crippen molar-refractivity contribution in [2.24, 2.45) is 0 Å². The van der Waals surface area contributed by atoms with Gasteiger partial charge in [0, 0.05) is 36.8 Å². The highest BCUT2D eigenvalue weighted by atomic mass is 35.5. The van der Waals surface area contributed by atoms with Crippen LogP contribution in [0.4, 0.5) is 19.0 Å². The minimum Gasteiger partial charge on any atom is -0.460 e. The zero-order valence-electron chi connectivity index (χ0n) is 19.8. The molecule has 2 atom stereocenters. The van der Waals surface area contributed by atoms with Gasteiger partial charge in [0.1, 0.15) is 10.8 Å². The van der Waals surface area contributed by atoms with Gasteiger partial charge in [-0.2, -0.15) is 13.2 Å². The number of fused-ring (bicyclic) bond motifs is 2. The van der Waals surface area contributed by atoms with Crippen molar-refractivity contribution in [1.29, 1.82) is 0 Å². The number of nitrogens with one attached hydrogen (secondary N) is 1. The van der Waals surface area contributed by atoms with Crippen LogP contribution in [0.1, 0.15) is 45.1 Å². The van der Waals surface area contributed by atoms with Gasteiger partial charge in [0.2, 0.25) is 5.88 Å². The molecule has 4 heterocycles. The van der Waals surface area contributed by atoms with Gasteiger partial charge in [-0.1, -0.05) is 11.6 Å². The van der Waals surface area contributed by atoms with Crippen molar-refractivity contribution in [2.75, 3.05) is 11.2 Å². The Morgan fingerprint density at radius 2 is 1.78 bits per heavy atom. The number of alkyl halides is 3. The van der Waals surface area contributed by atoms with Crippen LogP contribution in [0, 0.1) is 0 Å². The minimum atomic E-state index is -4.60. The maximum atomic E-state index is 13.0. The van der Waals surface area contributed by atoms with Gasteiger partial charge in [0.05, 0.1) is 10.5 Å². The van der Waals surface area contributed by atoms with Crippen molar-refractivity contribution in [3.05, 3.63) is 41.2 Å². The standard InChI is InChI=1S/C23H26ClF3N4O4S/c1-22(2,35-20-18(24)8-13(11-29-20)23(25,26)27)21(32)30-14-9-15-4-5-16(10-14)31(15)19-7-6-17(12-28-19)36(3,33)34/h6-8,11-12,14-16H,4-5,9-10H2,1-3H3,(H,30,32). The molecule has 2 bridgehead atoms. The van der Waals surface area contributed by atoms with Gasteiger partial charge >= 0.3 is 6.18 Å². The molecule has 2 aromatic rings. The van der Waals surface area contributed by atoms with Gasteiger partial charge in [0.25, 0.3) is 5.91 Å². The lowest BCUT2D eigenvalue weighted by atomic mass is 9.96. The zero-order valence-corrected chi connectivity index (χ0v) is 21.4. The number of piperidine rings is 1. The zero-order chi connectivity index (χ0) is 26.5. The van der Waals surface area contributed by atoms with Crippen molar-refractivity contribution >= 4 is 33.2 Å². The highest BCUT2D eigenvalue weighted by molar-refractivity contribution is 7.90. The van der Waals surface area contributed by atoms with Gasteiger partial charge in [0.15, 0.2) is 15.4 Å². The Morgan fingerprint density at radius 1 is 1.14 bits per heavy atom. The van der Waals surface area contributed by atoms with E-state index in [4.69, 9.17) is 16.3 Å². The van der Waals surface area contributed by atoms with E-state index in [2.05, 4.69) is 20.2 Å². The van der Waals surface area contributed by atoms with Crippen molar-refractivity contribution < 1.29 is 31.1 Å². The topological polar surface area (TPSA) is 101 Å². The number of halogens is 4. The molecule has 13 heteroatoms. The number of amides is 1. The second-order valence-corrected chi connectivity index (χ2v) is 12.1. The predicted molar refractivity (Wildman–Crippen MR) is 127 cm³/mol. The number of hydrogen-bond acceptors (Lipinski definition) is 7. The van der Waals surface area contributed by atoms with Crippen LogP contribution in [0.3, 0.4) is 0 Å². The Kier molecular flexibility index (Phi) is 6.89. The fraction of sp³-hybridized carbons (Fsp3) is 0.522. The number of carbonyl (C=O) groups is 1. The van der Waals surface area contributed by atoms with E-state index in [0.29, 0.717) is 30.9 Å². The van der Waals surface area contributed by atoms with Crippen molar-refractivity contribution in [3.8, 4) is 5.88 Å². The molecule has 2 fully saturated rings. The average Bonchev–Trinajstić information content (AvgIpc) is 3.04. The van der Waals surface area contributed by atoms with Crippen molar-refractivity contribution in [3.63, 3.8) is 0 Å². The Bertz CT molecular complexity index is 1240. The highest BCUT2D eigenvalue weighted by Gasteiger charge is 2.43. The highest BCUT2D eigenvalue weighted by Crippen LogP contribution is 2.39. The fourth-order valence-corrected chi connectivity index (χ4v) is 5.48. The molecule has 2 saturated heterocycles. The minimum absolute atomic E-state index is 0.126. The molecule has 2 aromatic heterocycles. The largest absolute Gasteiger partial charge is 0.460 e. The van der Waals surface area contributed by atoms with Crippen LogP contribution in [-0.4, -0.2) is 54.3 Å². The van der Waals surface area contributed by atoms with Crippen molar-refractivity contribution in [1.82, 2.24) is 15.3 Å². The number of pyridine rings is 2. The fourth-order valence-electron chi connectivity index (χ4n) is 4.72. The Labute approximate surface area is 212 Å². The summed E-state index contributed by atoms with van der Waals surface area (Å²) in [5.41, 5.74) is -2.44. The van der Waals surface area contributed by atoms with E-state index in [1.54, 1.807) is 12.1 Å². The van der Waals surface area contributed by atoms with E-state index in [-0.39, 0.29) is 33.9 Å². The molecule has 2 aliphatic heterocycles. The lowest BCUT2D eigenvalue weighted by Crippen LogP contribution is -2.55. The molecular formula is C23H26ClF3N4O4S. The summed E-state index contributed by atoms with van der Waals surface area (Å²) in [7, 11) is -3.34. The number of hydrogen-bond donors (Lipinski definition) is 1. The molecule has 2 unspecified atom stereocenters. The predicted octanol–water partition coefficient (Wildman–Crippen LogP) is 4.03. The van der Waals surface area contributed by atoms with Crippen LogP contribution in [-0.2, 0) is 20.8 Å². The number of sulfone groups is 1. The van der Waals surface area contributed by atoms with Gasteiger partial charge in [-0.25, -0.2) is 18.4 Å². The summed E-state index contributed by atoms with van der Waals surface area (Å²) < 4.78 is 67.6. The first kappa shape index (κ1) is 26.5. The molecule has 1 amide bonds. The van der Waals surface area contributed by atoms with Gasteiger partial charge in [-0.05, 0) is 57.7 Å². The van der Waals surface area contributed by atoms with Crippen LogP contribution >= 0.6 is 11.6 Å². The van der Waals surface area contributed by atoms with Crippen LogP contribution in [0.15, 0.2) is 35.5 Å². The number of rotatable bonds is 6. The summed E-state index contributed by atoms with van der Waals surface area (Å²) in [6, 6.07) is 4.08. The number of carbonyl (C=O) groups excluding carboxylic acids is 1. The van der Waals surface area contributed by atoms with E-state index in [1.165, 1.54) is 20.0 Å². The molecule has 0 aromatic carbocycles. The van der Waals surface area contributed by atoms with Crippen LogP contribution < -0.4 is 15.0 Å². The van der Waals surface area contributed by atoms with E-state index in [0.717, 1.165) is 19.1 Å². The Hall–Kier alpha value is -2.60. The molecule has 0 saturated carbocycles. The average molecular weight is 547 g/mol. The van der Waals surface area contributed by atoms with E-state index in [1.807, 2.05) is 0 Å². The molecule has 8 nitrogen and oxygen atoms in total. The smallest absolute Gasteiger partial charge is 0.417 e. The molecule has 0 spiro atoms. The van der Waals surface area contributed by atoms with Crippen molar-refractivity contribution in [2.45, 2.75) is 74.3 Å². The Morgan fingerprint density at radius 3 is 2.28 bits per heavy atom. The third kappa shape index (κ3) is 5.54. The number of aromatic nitrogens is 2. The third-order valence-electron chi connectivity index (χ3n) is 6.52. The summed E-state index contributed by atoms with van der Waals surface area (Å²) >= 11 is 5.93. The quantitative estimate of drug-likeness (QED) is 0.584. The summed E-state index contributed by atoms with van der Waals surface area (Å²) in [5, 5.41) is 2.65. The van der Waals surface area contributed by atoms with E-state index in [9.17, 15) is 26.4 Å². The molecule has 0 aliphatic carbocycles. The maximum Gasteiger partial charge on any atom is 0.417 e. The molecule has 196 valence electrons. The summed E-state index contributed by atoms with van der Waals surface area (Å²) in [6.45, 7) is 2.99. The van der Waals surface area contributed by atoms with Crippen LogP contribution in [0.2, 0.25) is 5.02 Å². The first-order valence-electron chi connectivity index (χ1n) is 11.3. The molecule has 2 aliphatic rings. The first-order chi connectivity index (χ1) is 16.6. The van der Waals surface area contributed by atoms with Gasteiger partial charge < -0.3 is 15.0 Å². The molecule has 1 N–H and O–H groups in total. The maximum absolute atomic E-state index is 13.0. The molecule has 36 heavy (non-hydrogen) atoms. The first-order valence-corrected chi connectivity index (χ1v) is 13.6. The second-order valence-electron chi connectivity index (χ2n) is 9.68. The number of ether oxygens (including phenoxy) is 1. The monoisotopic (exact) mass is 546 g/mol. The summed E-state index contributed by atoms with van der Waals surface area (Å²) in [4.78, 5) is 23.4. The molecule has 0 radical (unpaired) electrons. The third-order valence-corrected chi connectivity index (χ3v) is 7.88. The lowest BCUT2D eigenvalue weighted by molar-refractivity contribution is -0.138. The van der Waals surface area contributed by atoms with Gasteiger partial charge in [-0.3, -0.25) is 4.79 Å². The lowest BCUT2D eigenvalue weighted by Gasteiger charge is -2.40. The Balaban J connectivity index is 1.40. The summed E-state index contributed by atoms with van der Waals surface area (Å²) in [6.07, 6.45) is 1.66. The van der Waals surface area contributed by atoms with Crippen LogP contribution in [0.25, 0.3) is 0 Å². The molecule has 4 rings (SSSR count). The second kappa shape index (κ2) is 9.37.